The number of benzene rings is 1. The van der Waals surface area contributed by atoms with Crippen molar-refractivity contribution in [2.75, 3.05) is 11.1 Å². The Balaban J connectivity index is 2.03. The molecule has 0 saturated carbocycles. The van der Waals surface area contributed by atoms with Crippen molar-refractivity contribution in [2.24, 2.45) is 0 Å². The summed E-state index contributed by atoms with van der Waals surface area (Å²) in [6.07, 6.45) is 0. The van der Waals surface area contributed by atoms with Crippen LogP contribution >= 0.6 is 39.0 Å². The highest BCUT2D eigenvalue weighted by atomic mass is 79.9. The van der Waals surface area contributed by atoms with E-state index in [-0.39, 0.29) is 5.91 Å². The summed E-state index contributed by atoms with van der Waals surface area (Å²) in [7, 11) is 0. The lowest BCUT2D eigenvalue weighted by Crippen LogP contribution is -2.18. The monoisotopic (exact) mass is 326 g/mol. The average Bonchev–Trinajstić information content (AvgIpc) is 2.75. The van der Waals surface area contributed by atoms with Crippen LogP contribution in [0, 0.1) is 0 Å². The minimum atomic E-state index is 0.0547. The second kappa shape index (κ2) is 4.44. The fourth-order valence-corrected chi connectivity index (χ4v) is 3.44. The lowest BCUT2D eigenvalue weighted by Gasteiger charge is -2.16. The van der Waals surface area contributed by atoms with E-state index in [2.05, 4.69) is 26.2 Å². The van der Waals surface area contributed by atoms with Gasteiger partial charge in [-0.05, 0) is 28.1 Å². The predicted molar refractivity (Wildman–Crippen MR) is 74.6 cm³/mol. The smallest absolute Gasteiger partial charge is 0.234 e. The van der Waals surface area contributed by atoms with Crippen molar-refractivity contribution in [1.29, 1.82) is 0 Å². The van der Waals surface area contributed by atoms with Crippen molar-refractivity contribution in [3.63, 3.8) is 0 Å². The maximum Gasteiger partial charge on any atom is 0.234 e. The van der Waals surface area contributed by atoms with Crippen LogP contribution in [0.4, 0.5) is 5.69 Å². The first-order valence-corrected chi connectivity index (χ1v) is 7.56. The summed E-state index contributed by atoms with van der Waals surface area (Å²) in [4.78, 5) is 16.8. The molecule has 0 saturated heterocycles. The Kier molecular flexibility index (Phi) is 2.94. The van der Waals surface area contributed by atoms with Gasteiger partial charge in [0.25, 0.3) is 0 Å². The molecule has 1 amide bonds. The molecule has 6 heteroatoms. The summed E-state index contributed by atoms with van der Waals surface area (Å²) in [5.74, 6) is 0.549. The molecule has 0 aliphatic carbocycles. The van der Waals surface area contributed by atoms with Gasteiger partial charge in [0.1, 0.15) is 0 Å². The number of rotatable bonds is 1. The number of nitrogens with zero attached hydrogens (tertiary/aromatic N) is 1. The number of thioether (sulfide) groups is 1. The van der Waals surface area contributed by atoms with Crippen LogP contribution in [-0.4, -0.2) is 16.6 Å². The molecule has 1 aliphatic rings. The topological polar surface area (TPSA) is 42.0 Å². The summed E-state index contributed by atoms with van der Waals surface area (Å²) in [5, 5.41) is 4.87. The Bertz CT molecular complexity index is 597. The van der Waals surface area contributed by atoms with E-state index in [0.29, 0.717) is 5.75 Å². The van der Waals surface area contributed by atoms with Crippen LogP contribution in [-0.2, 0) is 4.79 Å². The number of hydrogen-bond acceptors (Lipinski definition) is 4. The largest absolute Gasteiger partial charge is 0.324 e. The highest BCUT2D eigenvalue weighted by Crippen LogP contribution is 2.35. The van der Waals surface area contributed by atoms with Gasteiger partial charge in [-0.3, -0.25) is 4.79 Å². The highest BCUT2D eigenvalue weighted by molar-refractivity contribution is 9.11. The second-order valence-corrected chi connectivity index (χ2v) is 6.68. The predicted octanol–water partition coefficient (Wildman–Crippen LogP) is 3.62. The van der Waals surface area contributed by atoms with E-state index < -0.39 is 0 Å². The summed E-state index contributed by atoms with van der Waals surface area (Å²) in [6, 6.07) is 6.04. The van der Waals surface area contributed by atoms with Gasteiger partial charge in [0, 0.05) is 15.8 Å². The molecule has 3 rings (SSSR count). The number of fused-ring (bicyclic) bond motifs is 1. The molecule has 2 aromatic rings. The Labute approximate surface area is 115 Å². The Morgan fingerprint density at radius 1 is 1.41 bits per heavy atom. The van der Waals surface area contributed by atoms with Crippen molar-refractivity contribution in [3.8, 4) is 11.3 Å². The van der Waals surface area contributed by atoms with Crippen LogP contribution in [0.15, 0.2) is 32.4 Å². The summed E-state index contributed by atoms with van der Waals surface area (Å²) < 4.78 is 0.864. The number of nitrogens with one attached hydrogen (secondary N) is 1. The Morgan fingerprint density at radius 3 is 3.06 bits per heavy atom. The standard InChI is InChI=1S/C11H7BrN2OS2/c12-11-14-8(4-17-11)6-1-2-9-7(3-6)13-10(15)5-16-9/h1-4H,5H2,(H,13,15). The molecular weight excluding hydrogens is 320 g/mol. The van der Waals surface area contributed by atoms with E-state index in [1.54, 1.807) is 23.1 Å². The van der Waals surface area contributed by atoms with Gasteiger partial charge in [-0.15, -0.1) is 23.1 Å². The quantitative estimate of drug-likeness (QED) is 0.870. The molecule has 17 heavy (non-hydrogen) atoms. The number of carbonyl (C=O) groups excluding carboxylic acids is 1. The van der Waals surface area contributed by atoms with Crippen LogP contribution in [0.5, 0.6) is 0 Å². The van der Waals surface area contributed by atoms with Crippen molar-refractivity contribution in [2.45, 2.75) is 4.90 Å². The van der Waals surface area contributed by atoms with Crippen LogP contribution in [0.25, 0.3) is 11.3 Å². The molecule has 86 valence electrons. The summed E-state index contributed by atoms with van der Waals surface area (Å²) in [5.41, 5.74) is 2.83. The lowest BCUT2D eigenvalue weighted by molar-refractivity contribution is -0.113. The molecule has 0 atom stereocenters. The molecule has 1 aromatic heterocycles. The first kappa shape index (κ1) is 11.3. The van der Waals surface area contributed by atoms with E-state index in [0.717, 1.165) is 25.8 Å². The zero-order valence-electron chi connectivity index (χ0n) is 8.57. The van der Waals surface area contributed by atoms with E-state index in [1.165, 1.54) is 0 Å². The van der Waals surface area contributed by atoms with Gasteiger partial charge in [-0.2, -0.15) is 0 Å². The number of aromatic nitrogens is 1. The molecule has 0 unspecified atom stereocenters. The molecular formula is C11H7BrN2OS2. The van der Waals surface area contributed by atoms with E-state index >= 15 is 0 Å². The number of amides is 1. The van der Waals surface area contributed by atoms with Gasteiger partial charge < -0.3 is 5.32 Å². The van der Waals surface area contributed by atoms with Crippen LogP contribution in [0.2, 0.25) is 0 Å². The molecule has 2 heterocycles. The fraction of sp³-hybridized carbons (Fsp3) is 0.0909. The molecule has 0 radical (unpaired) electrons. The second-order valence-electron chi connectivity index (χ2n) is 3.53. The van der Waals surface area contributed by atoms with Crippen LogP contribution in [0.1, 0.15) is 0 Å². The maximum absolute atomic E-state index is 11.3. The van der Waals surface area contributed by atoms with Gasteiger partial charge in [0.05, 0.1) is 17.1 Å². The zero-order chi connectivity index (χ0) is 11.8. The third kappa shape index (κ3) is 2.25. The van der Waals surface area contributed by atoms with Crippen LogP contribution in [0.3, 0.4) is 0 Å². The zero-order valence-corrected chi connectivity index (χ0v) is 11.8. The van der Waals surface area contributed by atoms with E-state index in [4.69, 9.17) is 0 Å². The molecule has 1 N–H and O–H groups in total. The number of anilines is 1. The lowest BCUT2D eigenvalue weighted by atomic mass is 10.1. The van der Waals surface area contributed by atoms with Crippen molar-refractivity contribution in [1.82, 2.24) is 4.98 Å². The van der Waals surface area contributed by atoms with Crippen molar-refractivity contribution in [3.05, 3.63) is 27.5 Å². The first-order valence-electron chi connectivity index (χ1n) is 4.90. The summed E-state index contributed by atoms with van der Waals surface area (Å²) in [6.45, 7) is 0. The molecule has 1 aliphatic heterocycles. The Hall–Kier alpha value is -0.850. The normalized spacial score (nSPS) is 14.3. The number of thiazole rings is 1. The van der Waals surface area contributed by atoms with Gasteiger partial charge in [0.15, 0.2) is 3.92 Å². The highest BCUT2D eigenvalue weighted by Gasteiger charge is 2.16. The van der Waals surface area contributed by atoms with Gasteiger partial charge >= 0.3 is 0 Å². The third-order valence-corrected chi connectivity index (χ3v) is 4.82. The Morgan fingerprint density at radius 2 is 2.29 bits per heavy atom. The van der Waals surface area contributed by atoms with Crippen LogP contribution < -0.4 is 5.32 Å². The van der Waals surface area contributed by atoms with Crippen molar-refractivity contribution < 1.29 is 4.79 Å². The summed E-state index contributed by atoms with van der Waals surface area (Å²) >= 11 is 6.46. The van der Waals surface area contributed by atoms with Gasteiger partial charge in [-0.1, -0.05) is 6.07 Å². The minimum Gasteiger partial charge on any atom is -0.324 e. The number of hydrogen-bond donors (Lipinski definition) is 1. The van der Waals surface area contributed by atoms with Gasteiger partial charge in [-0.25, -0.2) is 4.98 Å². The van der Waals surface area contributed by atoms with Crippen molar-refractivity contribution >= 4 is 50.6 Å². The van der Waals surface area contributed by atoms with E-state index in [9.17, 15) is 4.79 Å². The average molecular weight is 327 g/mol. The maximum atomic E-state index is 11.3. The first-order chi connectivity index (χ1) is 8.22. The van der Waals surface area contributed by atoms with E-state index in [1.807, 2.05) is 23.6 Å². The third-order valence-electron chi connectivity index (χ3n) is 2.38. The minimum absolute atomic E-state index is 0.0547. The molecule has 3 nitrogen and oxygen atoms in total. The molecule has 0 bridgehead atoms. The molecule has 0 spiro atoms. The number of halogens is 1. The van der Waals surface area contributed by atoms with Gasteiger partial charge in [0.2, 0.25) is 5.91 Å². The number of carbonyl (C=O) groups is 1. The molecule has 1 aromatic carbocycles. The SMILES string of the molecule is O=C1CSc2ccc(-c3csc(Br)n3)cc2N1. The molecule has 0 fully saturated rings. The fourth-order valence-electron chi connectivity index (χ4n) is 1.63.